The Hall–Kier alpha value is -2.49. The molecular weight excluding hydrogens is 300 g/mol. The van der Waals surface area contributed by atoms with E-state index in [-0.39, 0.29) is 6.03 Å². The Balaban J connectivity index is 1.63. The first-order chi connectivity index (χ1) is 11.6. The van der Waals surface area contributed by atoms with Gasteiger partial charge in [0.25, 0.3) is 0 Å². The lowest BCUT2D eigenvalue weighted by Crippen LogP contribution is -2.36. The standard InChI is InChI=1S/C20H26N2O2/c1-15-7-4-10-18(13-15)14-22-20(23)21-11-6-12-24-19-16(2)8-5-9-17(19)3/h4-5,7-10,13H,6,11-12,14H2,1-3H3,(H2,21,22,23). The molecule has 0 saturated heterocycles. The number of para-hydroxylation sites is 1. The van der Waals surface area contributed by atoms with E-state index in [9.17, 15) is 4.79 Å². The summed E-state index contributed by atoms with van der Waals surface area (Å²) in [7, 11) is 0. The molecule has 0 unspecified atom stereocenters. The van der Waals surface area contributed by atoms with Gasteiger partial charge < -0.3 is 15.4 Å². The maximum absolute atomic E-state index is 11.8. The van der Waals surface area contributed by atoms with Crippen LogP contribution in [0.4, 0.5) is 4.79 Å². The minimum absolute atomic E-state index is 0.149. The van der Waals surface area contributed by atoms with Crippen molar-refractivity contribution in [3.63, 3.8) is 0 Å². The number of hydrogen-bond donors (Lipinski definition) is 2. The summed E-state index contributed by atoms with van der Waals surface area (Å²) in [6, 6.07) is 14.1. The molecule has 0 atom stereocenters. The molecule has 24 heavy (non-hydrogen) atoms. The molecule has 0 aliphatic heterocycles. The molecule has 0 fully saturated rings. The summed E-state index contributed by atoms with van der Waals surface area (Å²) in [5, 5.41) is 5.72. The molecule has 4 heteroatoms. The van der Waals surface area contributed by atoms with Gasteiger partial charge in [0, 0.05) is 13.1 Å². The van der Waals surface area contributed by atoms with Crippen LogP contribution in [0, 0.1) is 20.8 Å². The fourth-order valence-corrected chi connectivity index (χ4v) is 2.54. The van der Waals surface area contributed by atoms with Gasteiger partial charge in [0.2, 0.25) is 0 Å². The van der Waals surface area contributed by atoms with Gasteiger partial charge in [-0.15, -0.1) is 0 Å². The summed E-state index contributed by atoms with van der Waals surface area (Å²) < 4.78 is 5.82. The van der Waals surface area contributed by atoms with Gasteiger partial charge in [-0.1, -0.05) is 48.0 Å². The van der Waals surface area contributed by atoms with Crippen molar-refractivity contribution in [1.29, 1.82) is 0 Å². The number of benzene rings is 2. The zero-order chi connectivity index (χ0) is 17.4. The largest absolute Gasteiger partial charge is 0.493 e. The highest BCUT2D eigenvalue weighted by molar-refractivity contribution is 5.73. The molecule has 0 aliphatic carbocycles. The van der Waals surface area contributed by atoms with Crippen molar-refractivity contribution in [2.75, 3.05) is 13.2 Å². The highest BCUT2D eigenvalue weighted by atomic mass is 16.5. The van der Waals surface area contributed by atoms with Crippen LogP contribution in [0.15, 0.2) is 42.5 Å². The molecular formula is C20H26N2O2. The molecule has 0 radical (unpaired) electrons. The maximum Gasteiger partial charge on any atom is 0.315 e. The van der Waals surface area contributed by atoms with E-state index in [1.54, 1.807) is 0 Å². The molecule has 0 aliphatic rings. The maximum atomic E-state index is 11.8. The third-order valence-corrected chi connectivity index (χ3v) is 3.80. The van der Waals surface area contributed by atoms with Crippen LogP contribution in [0.25, 0.3) is 0 Å². The molecule has 2 aromatic rings. The van der Waals surface area contributed by atoms with Crippen LogP contribution in [0.3, 0.4) is 0 Å². The lowest BCUT2D eigenvalue weighted by atomic mass is 10.1. The first-order valence-electron chi connectivity index (χ1n) is 8.32. The van der Waals surface area contributed by atoms with Gasteiger partial charge in [-0.05, 0) is 43.9 Å². The molecule has 0 bridgehead atoms. The van der Waals surface area contributed by atoms with Gasteiger partial charge in [-0.2, -0.15) is 0 Å². The van der Waals surface area contributed by atoms with Crippen molar-refractivity contribution >= 4 is 6.03 Å². The second kappa shape index (κ2) is 8.96. The number of carbonyl (C=O) groups is 1. The van der Waals surface area contributed by atoms with Crippen molar-refractivity contribution in [1.82, 2.24) is 10.6 Å². The average molecular weight is 326 g/mol. The lowest BCUT2D eigenvalue weighted by molar-refractivity contribution is 0.238. The summed E-state index contributed by atoms with van der Waals surface area (Å²) in [6.45, 7) is 7.83. The molecule has 2 rings (SSSR count). The van der Waals surface area contributed by atoms with Gasteiger partial charge in [-0.3, -0.25) is 0 Å². The van der Waals surface area contributed by atoms with Gasteiger partial charge in [-0.25, -0.2) is 4.79 Å². The number of aryl methyl sites for hydroxylation is 3. The topological polar surface area (TPSA) is 50.4 Å². The van der Waals surface area contributed by atoms with E-state index in [4.69, 9.17) is 4.74 Å². The summed E-state index contributed by atoms with van der Waals surface area (Å²) in [4.78, 5) is 11.8. The van der Waals surface area contributed by atoms with Gasteiger partial charge in [0.1, 0.15) is 5.75 Å². The predicted molar refractivity (Wildman–Crippen MR) is 97.4 cm³/mol. The van der Waals surface area contributed by atoms with Crippen LogP contribution >= 0.6 is 0 Å². The Morgan fingerprint density at radius 2 is 1.71 bits per heavy atom. The number of amides is 2. The van der Waals surface area contributed by atoms with E-state index in [2.05, 4.69) is 16.7 Å². The first-order valence-corrected chi connectivity index (χ1v) is 8.32. The molecule has 0 spiro atoms. The van der Waals surface area contributed by atoms with Gasteiger partial charge in [0.15, 0.2) is 0 Å². The van der Waals surface area contributed by atoms with Gasteiger partial charge in [0.05, 0.1) is 6.61 Å². The Labute approximate surface area is 144 Å². The van der Waals surface area contributed by atoms with Crippen LogP contribution in [0.5, 0.6) is 5.75 Å². The van der Waals surface area contributed by atoms with Crippen LogP contribution in [0.1, 0.15) is 28.7 Å². The van der Waals surface area contributed by atoms with Crippen molar-refractivity contribution in [3.05, 3.63) is 64.7 Å². The SMILES string of the molecule is Cc1cccc(CNC(=O)NCCCOc2c(C)cccc2C)c1. The molecule has 2 amide bonds. The molecule has 128 valence electrons. The fourth-order valence-electron chi connectivity index (χ4n) is 2.54. The highest BCUT2D eigenvalue weighted by Gasteiger charge is 2.03. The number of hydrogen-bond acceptors (Lipinski definition) is 2. The average Bonchev–Trinajstić information content (AvgIpc) is 2.55. The van der Waals surface area contributed by atoms with Crippen LogP contribution in [-0.2, 0) is 6.54 Å². The lowest BCUT2D eigenvalue weighted by Gasteiger charge is -2.12. The van der Waals surface area contributed by atoms with Crippen LogP contribution in [0.2, 0.25) is 0 Å². The molecule has 4 nitrogen and oxygen atoms in total. The van der Waals surface area contributed by atoms with Gasteiger partial charge >= 0.3 is 6.03 Å². The monoisotopic (exact) mass is 326 g/mol. The summed E-state index contributed by atoms with van der Waals surface area (Å²) in [5.74, 6) is 0.946. The first kappa shape index (κ1) is 17.9. The van der Waals surface area contributed by atoms with E-state index in [1.165, 1.54) is 5.56 Å². The summed E-state index contributed by atoms with van der Waals surface area (Å²) in [5.41, 5.74) is 4.57. The third kappa shape index (κ3) is 5.61. The van der Waals surface area contributed by atoms with E-state index < -0.39 is 0 Å². The number of urea groups is 1. The van der Waals surface area contributed by atoms with Crippen molar-refractivity contribution in [2.45, 2.75) is 33.7 Å². The molecule has 2 aromatic carbocycles. The number of rotatable bonds is 7. The van der Waals surface area contributed by atoms with Crippen molar-refractivity contribution in [3.8, 4) is 5.75 Å². The minimum Gasteiger partial charge on any atom is -0.493 e. The van der Waals surface area contributed by atoms with E-state index >= 15 is 0 Å². The van der Waals surface area contributed by atoms with E-state index in [1.807, 2.05) is 57.2 Å². The van der Waals surface area contributed by atoms with Crippen LogP contribution < -0.4 is 15.4 Å². The number of ether oxygens (including phenoxy) is 1. The van der Waals surface area contributed by atoms with Crippen molar-refractivity contribution in [2.24, 2.45) is 0 Å². The smallest absolute Gasteiger partial charge is 0.315 e. The summed E-state index contributed by atoms with van der Waals surface area (Å²) >= 11 is 0. The fraction of sp³-hybridized carbons (Fsp3) is 0.350. The second-order valence-electron chi connectivity index (χ2n) is 6.02. The zero-order valence-corrected chi connectivity index (χ0v) is 14.7. The van der Waals surface area contributed by atoms with Crippen molar-refractivity contribution < 1.29 is 9.53 Å². The predicted octanol–water partition coefficient (Wildman–Crippen LogP) is 3.88. The normalized spacial score (nSPS) is 10.3. The number of nitrogens with one attached hydrogen (secondary N) is 2. The number of carbonyl (C=O) groups excluding carboxylic acids is 1. The quantitative estimate of drug-likeness (QED) is 0.759. The summed E-state index contributed by atoms with van der Waals surface area (Å²) in [6.07, 6.45) is 0.769. The zero-order valence-electron chi connectivity index (χ0n) is 14.7. The van der Waals surface area contributed by atoms with E-state index in [0.29, 0.717) is 19.7 Å². The van der Waals surface area contributed by atoms with Crippen LogP contribution in [-0.4, -0.2) is 19.2 Å². The second-order valence-corrected chi connectivity index (χ2v) is 6.02. The van der Waals surface area contributed by atoms with E-state index in [0.717, 1.165) is 28.9 Å². The minimum atomic E-state index is -0.149. The third-order valence-electron chi connectivity index (χ3n) is 3.80. The Kier molecular flexibility index (Phi) is 6.67. The Morgan fingerprint density at radius 1 is 1.00 bits per heavy atom. The molecule has 0 aromatic heterocycles. The molecule has 2 N–H and O–H groups in total. The molecule has 0 saturated carbocycles. The Morgan fingerprint density at radius 3 is 2.42 bits per heavy atom. The highest BCUT2D eigenvalue weighted by Crippen LogP contribution is 2.22. The Bertz CT molecular complexity index is 663. The molecule has 0 heterocycles.